The van der Waals surface area contributed by atoms with Crippen LogP contribution in [0, 0.1) is 6.92 Å². The lowest BCUT2D eigenvalue weighted by Crippen LogP contribution is -2.20. The van der Waals surface area contributed by atoms with Crippen molar-refractivity contribution in [1.29, 1.82) is 0 Å². The van der Waals surface area contributed by atoms with E-state index < -0.39 is 5.63 Å². The molecule has 0 fully saturated rings. The van der Waals surface area contributed by atoms with Gasteiger partial charge in [-0.15, -0.1) is 0 Å². The molecule has 5 nitrogen and oxygen atoms in total. The van der Waals surface area contributed by atoms with Gasteiger partial charge in [0.15, 0.2) is 6.61 Å². The molecule has 2 aromatic carbocycles. The zero-order valence-electron chi connectivity index (χ0n) is 14.8. The molecule has 0 atom stereocenters. The van der Waals surface area contributed by atoms with Crippen molar-refractivity contribution < 1.29 is 13.9 Å². The van der Waals surface area contributed by atoms with Crippen LogP contribution in [0.25, 0.3) is 11.0 Å². The lowest BCUT2D eigenvalue weighted by Gasteiger charge is -2.12. The Morgan fingerprint density at radius 1 is 1.15 bits per heavy atom. The molecule has 0 aliphatic rings. The highest BCUT2D eigenvalue weighted by Gasteiger charge is 2.12. The zero-order chi connectivity index (χ0) is 19.6. The zero-order valence-corrected chi connectivity index (χ0v) is 17.9. The lowest BCUT2D eigenvalue weighted by molar-refractivity contribution is -0.118. The number of fused-ring (bicyclic) bond motifs is 1. The average molecular weight is 495 g/mol. The Kier molecular flexibility index (Phi) is 6.01. The van der Waals surface area contributed by atoms with Gasteiger partial charge >= 0.3 is 5.63 Å². The summed E-state index contributed by atoms with van der Waals surface area (Å²) < 4.78 is 12.4. The second-order valence-corrected chi connectivity index (χ2v) is 7.75. The predicted molar refractivity (Wildman–Crippen MR) is 113 cm³/mol. The van der Waals surface area contributed by atoms with E-state index in [4.69, 9.17) is 9.15 Å². The fourth-order valence-corrected chi connectivity index (χ4v) is 4.35. The van der Waals surface area contributed by atoms with Gasteiger partial charge in [0.1, 0.15) is 11.3 Å². The van der Waals surface area contributed by atoms with E-state index in [-0.39, 0.29) is 12.5 Å². The monoisotopic (exact) mass is 493 g/mol. The van der Waals surface area contributed by atoms with E-state index in [0.717, 1.165) is 31.9 Å². The normalized spacial score (nSPS) is 10.8. The van der Waals surface area contributed by atoms with Crippen molar-refractivity contribution in [3.8, 4) is 5.75 Å². The molecular formula is C20H17Br2NO4. The van der Waals surface area contributed by atoms with E-state index in [1.807, 2.05) is 32.0 Å². The first kappa shape index (κ1) is 19.6. The minimum absolute atomic E-state index is 0.171. The summed E-state index contributed by atoms with van der Waals surface area (Å²) in [5, 5.41) is 3.67. The van der Waals surface area contributed by atoms with Crippen LogP contribution < -0.4 is 15.7 Å². The fourth-order valence-electron chi connectivity index (χ4n) is 2.74. The van der Waals surface area contributed by atoms with E-state index in [1.54, 1.807) is 12.1 Å². The number of amides is 1. The third kappa shape index (κ3) is 4.59. The van der Waals surface area contributed by atoms with E-state index >= 15 is 0 Å². The molecule has 0 aliphatic heterocycles. The quantitative estimate of drug-likeness (QED) is 0.494. The van der Waals surface area contributed by atoms with Crippen molar-refractivity contribution in [2.24, 2.45) is 0 Å². The summed E-state index contributed by atoms with van der Waals surface area (Å²) in [6.07, 6.45) is 0.727. The summed E-state index contributed by atoms with van der Waals surface area (Å²) in [5.41, 5.74) is 2.67. The molecule has 1 amide bonds. The summed E-state index contributed by atoms with van der Waals surface area (Å²) in [4.78, 5) is 23.9. The number of nitrogens with one attached hydrogen (secondary N) is 1. The summed E-state index contributed by atoms with van der Waals surface area (Å²) in [7, 11) is 0. The first-order valence-electron chi connectivity index (χ1n) is 8.32. The van der Waals surface area contributed by atoms with Crippen LogP contribution in [0.15, 0.2) is 54.6 Å². The second kappa shape index (κ2) is 8.27. The molecule has 7 heteroatoms. The van der Waals surface area contributed by atoms with Crippen LogP contribution in [0.4, 0.5) is 5.69 Å². The highest BCUT2D eigenvalue weighted by atomic mass is 79.9. The second-order valence-electron chi connectivity index (χ2n) is 6.04. The molecule has 1 N–H and O–H groups in total. The summed E-state index contributed by atoms with van der Waals surface area (Å²) >= 11 is 6.88. The number of halogens is 2. The Morgan fingerprint density at radius 3 is 2.52 bits per heavy atom. The minimum Gasteiger partial charge on any atom is -0.484 e. The van der Waals surface area contributed by atoms with E-state index in [1.165, 1.54) is 6.07 Å². The molecule has 0 unspecified atom stereocenters. The van der Waals surface area contributed by atoms with Gasteiger partial charge in [-0.3, -0.25) is 4.79 Å². The number of hydrogen-bond donors (Lipinski definition) is 1. The van der Waals surface area contributed by atoms with E-state index in [2.05, 4.69) is 37.2 Å². The van der Waals surface area contributed by atoms with Crippen LogP contribution in [0.5, 0.6) is 5.75 Å². The molecule has 0 radical (unpaired) electrons. The van der Waals surface area contributed by atoms with Gasteiger partial charge < -0.3 is 14.5 Å². The molecule has 140 valence electrons. The number of carbonyl (C=O) groups excluding carboxylic acids is 1. The predicted octanol–water partition coefficient (Wildman–Crippen LogP) is 5.21. The van der Waals surface area contributed by atoms with Crippen molar-refractivity contribution in [3.05, 3.63) is 66.9 Å². The Labute approximate surface area is 173 Å². The maximum absolute atomic E-state index is 12.2. The van der Waals surface area contributed by atoms with Gasteiger partial charge in [0.2, 0.25) is 0 Å². The molecule has 0 saturated heterocycles. The number of aryl methyl sites for hydroxylation is 2. The SMILES string of the molecule is CCc1cc(=O)oc2cc(OCC(=O)Nc3c(Br)cc(C)cc3Br)ccc12. The molecule has 0 aliphatic carbocycles. The number of carbonyl (C=O) groups is 1. The topological polar surface area (TPSA) is 68.5 Å². The first-order valence-corrected chi connectivity index (χ1v) is 9.91. The Morgan fingerprint density at radius 2 is 1.85 bits per heavy atom. The third-order valence-corrected chi connectivity index (χ3v) is 5.25. The highest BCUT2D eigenvalue weighted by Crippen LogP contribution is 2.32. The number of anilines is 1. The molecule has 0 bridgehead atoms. The van der Waals surface area contributed by atoms with Gasteiger partial charge in [-0.25, -0.2) is 4.79 Å². The first-order chi connectivity index (χ1) is 12.9. The molecule has 3 aromatic rings. The van der Waals surface area contributed by atoms with Crippen LogP contribution in [0.1, 0.15) is 18.1 Å². The van der Waals surface area contributed by atoms with Crippen LogP contribution in [-0.2, 0) is 11.2 Å². The van der Waals surface area contributed by atoms with Crippen LogP contribution in [0.2, 0.25) is 0 Å². The van der Waals surface area contributed by atoms with Crippen molar-refractivity contribution in [2.45, 2.75) is 20.3 Å². The van der Waals surface area contributed by atoms with Crippen molar-refractivity contribution in [2.75, 3.05) is 11.9 Å². The van der Waals surface area contributed by atoms with Crippen molar-refractivity contribution >= 4 is 54.4 Å². The van der Waals surface area contributed by atoms with Gasteiger partial charge in [0.25, 0.3) is 5.91 Å². The van der Waals surface area contributed by atoms with E-state index in [9.17, 15) is 9.59 Å². The molecule has 1 aromatic heterocycles. The summed E-state index contributed by atoms with van der Waals surface area (Å²) in [6, 6.07) is 10.5. The van der Waals surface area contributed by atoms with Gasteiger partial charge in [0, 0.05) is 26.5 Å². The number of ether oxygens (including phenoxy) is 1. The number of rotatable bonds is 5. The van der Waals surface area contributed by atoms with Crippen LogP contribution in [0.3, 0.4) is 0 Å². The Balaban J connectivity index is 1.73. The van der Waals surface area contributed by atoms with Gasteiger partial charge in [-0.05, 0) is 80.6 Å². The Hall–Kier alpha value is -2.12. The van der Waals surface area contributed by atoms with E-state index in [0.29, 0.717) is 17.0 Å². The lowest BCUT2D eigenvalue weighted by atomic mass is 10.1. The standard InChI is InChI=1S/C20H17Br2NO4/c1-3-12-8-19(25)27-17-9-13(4-5-14(12)17)26-10-18(24)23-20-15(21)6-11(2)7-16(20)22/h4-9H,3,10H2,1-2H3,(H,23,24). The molecule has 3 rings (SSSR count). The summed E-state index contributed by atoms with van der Waals surface area (Å²) in [5.74, 6) is 0.153. The van der Waals surface area contributed by atoms with Gasteiger partial charge in [-0.1, -0.05) is 6.92 Å². The third-order valence-electron chi connectivity index (χ3n) is 4.00. The van der Waals surface area contributed by atoms with Gasteiger partial charge in [0.05, 0.1) is 5.69 Å². The van der Waals surface area contributed by atoms with Crippen LogP contribution >= 0.6 is 31.9 Å². The summed E-state index contributed by atoms with van der Waals surface area (Å²) in [6.45, 7) is 3.77. The maximum atomic E-state index is 12.2. The molecule has 1 heterocycles. The smallest absolute Gasteiger partial charge is 0.336 e. The van der Waals surface area contributed by atoms with Crippen molar-refractivity contribution in [1.82, 2.24) is 0 Å². The minimum atomic E-state index is -0.400. The Bertz CT molecular complexity index is 1050. The number of hydrogen-bond acceptors (Lipinski definition) is 4. The molecule has 27 heavy (non-hydrogen) atoms. The highest BCUT2D eigenvalue weighted by molar-refractivity contribution is 9.11. The maximum Gasteiger partial charge on any atom is 0.336 e. The molecule has 0 saturated carbocycles. The molecular weight excluding hydrogens is 478 g/mol. The van der Waals surface area contributed by atoms with Crippen LogP contribution in [-0.4, -0.2) is 12.5 Å². The largest absolute Gasteiger partial charge is 0.484 e. The number of benzene rings is 2. The van der Waals surface area contributed by atoms with Gasteiger partial charge in [-0.2, -0.15) is 0 Å². The fraction of sp³-hybridized carbons (Fsp3) is 0.200. The average Bonchev–Trinajstić information content (AvgIpc) is 2.61. The molecule has 0 spiro atoms. The van der Waals surface area contributed by atoms with Crippen molar-refractivity contribution in [3.63, 3.8) is 0 Å².